The molecular weight excluding hydrogens is 354 g/mol. The third-order valence-electron chi connectivity index (χ3n) is 3.53. The maximum atomic E-state index is 11.9. The van der Waals surface area contributed by atoms with Gasteiger partial charge >= 0.3 is 5.97 Å². The summed E-state index contributed by atoms with van der Waals surface area (Å²) in [5, 5.41) is 4.72. The van der Waals surface area contributed by atoms with Gasteiger partial charge in [0.15, 0.2) is 6.61 Å². The molecule has 1 amide bonds. The highest BCUT2D eigenvalue weighted by Gasteiger charge is 2.11. The van der Waals surface area contributed by atoms with Crippen LogP contribution >= 0.6 is 11.3 Å². The number of ether oxygens (including phenoxy) is 3. The molecule has 138 valence electrons. The van der Waals surface area contributed by atoms with Gasteiger partial charge in [-0.05, 0) is 36.6 Å². The molecule has 0 saturated carbocycles. The van der Waals surface area contributed by atoms with Crippen molar-refractivity contribution >= 4 is 29.3 Å². The van der Waals surface area contributed by atoms with Gasteiger partial charge in [-0.1, -0.05) is 6.07 Å². The van der Waals surface area contributed by atoms with Crippen molar-refractivity contribution < 1.29 is 23.8 Å². The number of nitrogens with one attached hydrogen (secondary N) is 1. The lowest BCUT2D eigenvalue weighted by atomic mass is 10.2. The van der Waals surface area contributed by atoms with Crippen LogP contribution in [0.2, 0.25) is 0 Å². The first-order chi connectivity index (χ1) is 12.5. The van der Waals surface area contributed by atoms with E-state index in [9.17, 15) is 9.59 Å². The predicted octanol–water partition coefficient (Wildman–Crippen LogP) is 3.20. The molecule has 26 heavy (non-hydrogen) atoms. The number of carbonyl (C=O) groups is 2. The van der Waals surface area contributed by atoms with E-state index in [1.165, 1.54) is 13.2 Å². The largest absolute Gasteiger partial charge is 0.497 e. The molecule has 2 rings (SSSR count). The summed E-state index contributed by atoms with van der Waals surface area (Å²) < 4.78 is 15.3. The average Bonchev–Trinajstić information content (AvgIpc) is 3.19. The summed E-state index contributed by atoms with van der Waals surface area (Å²) in [5.74, 6) is 0.255. The Bertz CT molecular complexity index is 770. The molecule has 2 aromatic rings. The van der Waals surface area contributed by atoms with Crippen LogP contribution in [0.3, 0.4) is 0 Å². The van der Waals surface area contributed by atoms with Crippen LogP contribution in [0.25, 0.3) is 6.08 Å². The quantitative estimate of drug-likeness (QED) is 0.567. The fraction of sp³-hybridized carbons (Fsp3) is 0.263. The van der Waals surface area contributed by atoms with Gasteiger partial charge in [0, 0.05) is 22.6 Å². The number of hydrogen-bond donors (Lipinski definition) is 1. The smallest absolute Gasteiger partial charge is 0.331 e. The lowest BCUT2D eigenvalue weighted by Gasteiger charge is -2.11. The topological polar surface area (TPSA) is 73.9 Å². The molecular formula is C19H21NO5S. The summed E-state index contributed by atoms with van der Waals surface area (Å²) in [5.41, 5.74) is 0.695. The van der Waals surface area contributed by atoms with Crippen molar-refractivity contribution in [1.29, 1.82) is 0 Å². The van der Waals surface area contributed by atoms with Crippen LogP contribution in [-0.2, 0) is 14.3 Å². The maximum Gasteiger partial charge on any atom is 0.331 e. The molecule has 0 spiro atoms. The van der Waals surface area contributed by atoms with E-state index in [-0.39, 0.29) is 18.6 Å². The zero-order valence-electron chi connectivity index (χ0n) is 14.9. The van der Waals surface area contributed by atoms with E-state index >= 15 is 0 Å². The van der Waals surface area contributed by atoms with E-state index < -0.39 is 5.97 Å². The Balaban J connectivity index is 1.84. The van der Waals surface area contributed by atoms with Crippen molar-refractivity contribution in [3.8, 4) is 11.5 Å². The van der Waals surface area contributed by atoms with Crippen molar-refractivity contribution in [3.63, 3.8) is 0 Å². The second kappa shape index (κ2) is 9.62. The molecule has 0 aliphatic rings. The molecule has 0 aliphatic carbocycles. The molecule has 0 saturated heterocycles. The van der Waals surface area contributed by atoms with Crippen molar-refractivity contribution in [2.45, 2.75) is 13.0 Å². The van der Waals surface area contributed by atoms with Gasteiger partial charge in [-0.2, -0.15) is 0 Å². The first-order valence-electron chi connectivity index (χ1n) is 7.93. The summed E-state index contributed by atoms with van der Waals surface area (Å²) in [6.45, 7) is 1.54. The van der Waals surface area contributed by atoms with Crippen molar-refractivity contribution in [3.05, 3.63) is 52.2 Å². The highest BCUT2D eigenvalue weighted by atomic mass is 32.1. The van der Waals surface area contributed by atoms with Crippen LogP contribution in [-0.4, -0.2) is 32.7 Å². The highest BCUT2D eigenvalue weighted by molar-refractivity contribution is 7.10. The minimum absolute atomic E-state index is 0.125. The number of rotatable bonds is 8. The van der Waals surface area contributed by atoms with E-state index in [0.717, 1.165) is 4.88 Å². The summed E-state index contributed by atoms with van der Waals surface area (Å²) in [7, 11) is 3.09. The molecule has 1 atom stereocenters. The van der Waals surface area contributed by atoms with Gasteiger partial charge in [0.25, 0.3) is 5.91 Å². The molecule has 0 bridgehead atoms. The second-order valence-electron chi connectivity index (χ2n) is 5.35. The minimum Gasteiger partial charge on any atom is -0.497 e. The Labute approximate surface area is 156 Å². The lowest BCUT2D eigenvalue weighted by Crippen LogP contribution is -2.30. The first kappa shape index (κ1) is 19.5. The van der Waals surface area contributed by atoms with E-state index in [0.29, 0.717) is 17.1 Å². The molecule has 1 aromatic carbocycles. The fourth-order valence-corrected chi connectivity index (χ4v) is 2.93. The van der Waals surface area contributed by atoms with Gasteiger partial charge in [-0.25, -0.2) is 4.79 Å². The molecule has 0 radical (unpaired) electrons. The van der Waals surface area contributed by atoms with Gasteiger partial charge in [-0.15, -0.1) is 11.3 Å². The van der Waals surface area contributed by atoms with Gasteiger partial charge in [0.05, 0.1) is 20.3 Å². The van der Waals surface area contributed by atoms with Crippen LogP contribution in [0.5, 0.6) is 11.5 Å². The number of thiophene rings is 1. The molecule has 1 N–H and O–H groups in total. The van der Waals surface area contributed by atoms with E-state index in [1.54, 1.807) is 42.7 Å². The zero-order chi connectivity index (χ0) is 18.9. The Morgan fingerprint density at radius 2 is 2.04 bits per heavy atom. The summed E-state index contributed by atoms with van der Waals surface area (Å²) in [6, 6.07) is 8.96. The Kier molecular flexibility index (Phi) is 7.23. The van der Waals surface area contributed by atoms with E-state index in [4.69, 9.17) is 14.2 Å². The van der Waals surface area contributed by atoms with Crippen LogP contribution in [0.1, 0.15) is 23.4 Å². The number of esters is 1. The van der Waals surface area contributed by atoms with E-state index in [2.05, 4.69) is 5.32 Å². The molecule has 0 fully saturated rings. The number of amides is 1. The summed E-state index contributed by atoms with van der Waals surface area (Å²) in [4.78, 5) is 24.7. The van der Waals surface area contributed by atoms with Crippen LogP contribution in [0, 0.1) is 0 Å². The molecule has 1 aromatic heterocycles. The predicted molar refractivity (Wildman–Crippen MR) is 100 cm³/mol. The Morgan fingerprint density at radius 1 is 1.23 bits per heavy atom. The van der Waals surface area contributed by atoms with E-state index in [1.807, 2.05) is 24.4 Å². The average molecular weight is 375 g/mol. The number of carbonyl (C=O) groups excluding carboxylic acids is 2. The van der Waals surface area contributed by atoms with Crippen LogP contribution in [0.15, 0.2) is 41.8 Å². The van der Waals surface area contributed by atoms with Gasteiger partial charge in [-0.3, -0.25) is 4.79 Å². The third-order valence-corrected chi connectivity index (χ3v) is 4.59. The molecule has 6 nitrogen and oxygen atoms in total. The van der Waals surface area contributed by atoms with Crippen molar-refractivity contribution in [2.24, 2.45) is 0 Å². The van der Waals surface area contributed by atoms with Crippen LogP contribution in [0.4, 0.5) is 0 Å². The molecule has 1 heterocycles. The SMILES string of the molecule is COc1ccc(/C=C/C(=O)OCC(=O)N[C@@H](C)c2cccs2)c(OC)c1. The zero-order valence-corrected chi connectivity index (χ0v) is 15.7. The summed E-state index contributed by atoms with van der Waals surface area (Å²) in [6.07, 6.45) is 2.81. The minimum atomic E-state index is -0.609. The van der Waals surface area contributed by atoms with Gasteiger partial charge < -0.3 is 19.5 Å². The van der Waals surface area contributed by atoms with Crippen LogP contribution < -0.4 is 14.8 Å². The summed E-state index contributed by atoms with van der Waals surface area (Å²) >= 11 is 1.55. The molecule has 0 aliphatic heterocycles. The third kappa shape index (κ3) is 5.63. The normalized spacial score (nSPS) is 11.8. The second-order valence-corrected chi connectivity index (χ2v) is 6.33. The number of benzene rings is 1. The Morgan fingerprint density at radius 3 is 2.69 bits per heavy atom. The fourth-order valence-electron chi connectivity index (χ4n) is 2.19. The molecule has 0 unspecified atom stereocenters. The standard InChI is InChI=1S/C19H21NO5S/c1-13(17-5-4-10-26-17)20-18(21)12-25-19(22)9-7-14-6-8-15(23-2)11-16(14)24-3/h4-11,13H,12H2,1-3H3,(H,20,21)/b9-7+/t13-/m0/s1. The lowest BCUT2D eigenvalue weighted by molar-refractivity contribution is -0.144. The maximum absolute atomic E-state index is 11.9. The van der Waals surface area contributed by atoms with Crippen molar-refractivity contribution in [2.75, 3.05) is 20.8 Å². The van der Waals surface area contributed by atoms with Gasteiger partial charge in [0.2, 0.25) is 0 Å². The first-order valence-corrected chi connectivity index (χ1v) is 8.81. The number of hydrogen-bond acceptors (Lipinski definition) is 6. The van der Waals surface area contributed by atoms with Gasteiger partial charge in [0.1, 0.15) is 11.5 Å². The molecule has 7 heteroatoms. The van der Waals surface area contributed by atoms with Crippen molar-refractivity contribution in [1.82, 2.24) is 5.32 Å². The highest BCUT2D eigenvalue weighted by Crippen LogP contribution is 2.25. The monoisotopic (exact) mass is 375 g/mol. The number of methoxy groups -OCH3 is 2. The Hall–Kier alpha value is -2.80.